The highest BCUT2D eigenvalue weighted by atomic mass is 79.9. The lowest BCUT2D eigenvalue weighted by Crippen LogP contribution is -2.35. The standard InChI is InChI=1S/C13H20BrNS/c1-2-12-5-6-13(16-12)10-15-7-3-4-11(8-14)9-15/h5-6,11H,2-4,7-10H2,1H3. The first-order valence-corrected chi connectivity index (χ1v) is 8.11. The maximum absolute atomic E-state index is 3.62. The molecule has 0 bridgehead atoms. The Bertz CT molecular complexity index is 323. The van der Waals surface area contributed by atoms with Crippen LogP contribution in [0.25, 0.3) is 0 Å². The molecule has 0 N–H and O–H groups in total. The molecule has 1 fully saturated rings. The smallest absolute Gasteiger partial charge is 0.0328 e. The third-order valence-electron chi connectivity index (χ3n) is 3.27. The van der Waals surface area contributed by atoms with Crippen LogP contribution in [0.2, 0.25) is 0 Å². The van der Waals surface area contributed by atoms with Crippen molar-refractivity contribution in [1.82, 2.24) is 4.90 Å². The molecule has 16 heavy (non-hydrogen) atoms. The van der Waals surface area contributed by atoms with Crippen molar-refractivity contribution in [3.63, 3.8) is 0 Å². The lowest BCUT2D eigenvalue weighted by atomic mass is 10.0. The topological polar surface area (TPSA) is 3.24 Å². The summed E-state index contributed by atoms with van der Waals surface area (Å²) in [6, 6.07) is 4.59. The molecule has 1 aromatic heterocycles. The van der Waals surface area contributed by atoms with Crippen molar-refractivity contribution >= 4 is 27.3 Å². The molecule has 1 unspecified atom stereocenters. The fraction of sp³-hybridized carbons (Fsp3) is 0.692. The fourth-order valence-electron chi connectivity index (χ4n) is 2.34. The molecule has 2 rings (SSSR count). The molecule has 1 nitrogen and oxygen atoms in total. The highest BCUT2D eigenvalue weighted by molar-refractivity contribution is 9.09. The Kier molecular flexibility index (Phi) is 4.86. The van der Waals surface area contributed by atoms with E-state index < -0.39 is 0 Å². The van der Waals surface area contributed by atoms with Crippen molar-refractivity contribution in [3.05, 3.63) is 21.9 Å². The zero-order valence-electron chi connectivity index (χ0n) is 9.92. The monoisotopic (exact) mass is 301 g/mol. The van der Waals surface area contributed by atoms with Crippen LogP contribution in [0.4, 0.5) is 0 Å². The van der Waals surface area contributed by atoms with Crippen LogP contribution in [0.15, 0.2) is 12.1 Å². The normalized spacial score (nSPS) is 22.5. The SMILES string of the molecule is CCc1ccc(CN2CCCC(CBr)C2)s1. The number of aryl methyl sites for hydroxylation is 1. The van der Waals surface area contributed by atoms with Crippen molar-refractivity contribution < 1.29 is 0 Å². The van der Waals surface area contributed by atoms with Gasteiger partial charge in [0.2, 0.25) is 0 Å². The van der Waals surface area contributed by atoms with Gasteiger partial charge in [-0.2, -0.15) is 0 Å². The number of nitrogens with zero attached hydrogens (tertiary/aromatic N) is 1. The van der Waals surface area contributed by atoms with E-state index >= 15 is 0 Å². The number of thiophene rings is 1. The van der Waals surface area contributed by atoms with Gasteiger partial charge in [-0.15, -0.1) is 11.3 Å². The quantitative estimate of drug-likeness (QED) is 0.762. The predicted molar refractivity (Wildman–Crippen MR) is 75.5 cm³/mol. The second kappa shape index (κ2) is 6.18. The third kappa shape index (κ3) is 3.31. The molecular weight excluding hydrogens is 282 g/mol. The first-order valence-electron chi connectivity index (χ1n) is 6.17. The molecule has 1 aliphatic rings. The summed E-state index contributed by atoms with van der Waals surface area (Å²) < 4.78 is 0. The van der Waals surface area contributed by atoms with Gasteiger partial charge in [0, 0.05) is 28.2 Å². The first kappa shape index (κ1) is 12.6. The number of rotatable bonds is 4. The summed E-state index contributed by atoms with van der Waals surface area (Å²) >= 11 is 5.60. The summed E-state index contributed by atoms with van der Waals surface area (Å²) in [6.45, 7) is 5.94. The van der Waals surface area contributed by atoms with Crippen molar-refractivity contribution in [2.75, 3.05) is 18.4 Å². The lowest BCUT2D eigenvalue weighted by Gasteiger charge is -2.31. The molecule has 0 radical (unpaired) electrons. The van der Waals surface area contributed by atoms with Crippen LogP contribution in [0.3, 0.4) is 0 Å². The van der Waals surface area contributed by atoms with E-state index in [-0.39, 0.29) is 0 Å². The molecule has 0 saturated carbocycles. The van der Waals surface area contributed by atoms with Crippen molar-refractivity contribution in [2.24, 2.45) is 5.92 Å². The van der Waals surface area contributed by atoms with E-state index in [0.29, 0.717) is 0 Å². The Morgan fingerprint density at radius 3 is 2.94 bits per heavy atom. The molecular formula is C13H20BrNS. The molecule has 3 heteroatoms. The van der Waals surface area contributed by atoms with Crippen LogP contribution in [0.5, 0.6) is 0 Å². The van der Waals surface area contributed by atoms with E-state index in [1.165, 1.54) is 42.1 Å². The summed E-state index contributed by atoms with van der Waals surface area (Å²) in [5.74, 6) is 0.861. The number of likely N-dealkylation sites (tertiary alicyclic amines) is 1. The summed E-state index contributed by atoms with van der Waals surface area (Å²) in [5, 5.41) is 1.16. The van der Waals surface area contributed by atoms with Crippen LogP contribution >= 0.6 is 27.3 Å². The van der Waals surface area contributed by atoms with Gasteiger partial charge in [0.05, 0.1) is 0 Å². The number of halogens is 1. The summed E-state index contributed by atoms with van der Waals surface area (Å²) in [7, 11) is 0. The summed E-state index contributed by atoms with van der Waals surface area (Å²) in [5.41, 5.74) is 0. The molecule has 0 aromatic carbocycles. The second-order valence-corrected chi connectivity index (χ2v) is 6.52. The van der Waals surface area contributed by atoms with Gasteiger partial charge < -0.3 is 0 Å². The molecule has 2 heterocycles. The second-order valence-electron chi connectivity index (χ2n) is 4.62. The van der Waals surface area contributed by atoms with Gasteiger partial charge in [0.1, 0.15) is 0 Å². The van der Waals surface area contributed by atoms with Crippen molar-refractivity contribution in [3.8, 4) is 0 Å². The average Bonchev–Trinajstić information content (AvgIpc) is 2.77. The van der Waals surface area contributed by atoms with Crippen LogP contribution in [0, 0.1) is 5.92 Å². The minimum atomic E-state index is 0.861. The van der Waals surface area contributed by atoms with Gasteiger partial charge in [-0.1, -0.05) is 22.9 Å². The fourth-order valence-corrected chi connectivity index (χ4v) is 3.87. The van der Waals surface area contributed by atoms with Gasteiger partial charge >= 0.3 is 0 Å². The van der Waals surface area contributed by atoms with Gasteiger partial charge in [-0.05, 0) is 43.9 Å². The van der Waals surface area contributed by atoms with E-state index in [9.17, 15) is 0 Å². The molecule has 0 amide bonds. The third-order valence-corrected chi connectivity index (χ3v) is 5.40. The van der Waals surface area contributed by atoms with E-state index in [4.69, 9.17) is 0 Å². The summed E-state index contributed by atoms with van der Waals surface area (Å²) in [4.78, 5) is 5.66. The van der Waals surface area contributed by atoms with Crippen LogP contribution in [-0.4, -0.2) is 23.3 Å². The number of hydrogen-bond donors (Lipinski definition) is 0. The summed E-state index contributed by atoms with van der Waals surface area (Å²) in [6.07, 6.45) is 3.93. The Balaban J connectivity index is 1.88. The molecule has 1 aliphatic heterocycles. The van der Waals surface area contributed by atoms with Gasteiger partial charge in [0.15, 0.2) is 0 Å². The van der Waals surface area contributed by atoms with Crippen LogP contribution < -0.4 is 0 Å². The van der Waals surface area contributed by atoms with E-state index in [0.717, 1.165) is 17.8 Å². The number of alkyl halides is 1. The minimum absolute atomic E-state index is 0.861. The highest BCUT2D eigenvalue weighted by Crippen LogP contribution is 2.23. The Morgan fingerprint density at radius 1 is 1.44 bits per heavy atom. The van der Waals surface area contributed by atoms with Crippen LogP contribution in [-0.2, 0) is 13.0 Å². The molecule has 0 aliphatic carbocycles. The van der Waals surface area contributed by atoms with Gasteiger partial charge in [-0.3, -0.25) is 4.90 Å². The Morgan fingerprint density at radius 2 is 2.25 bits per heavy atom. The first-order chi connectivity index (χ1) is 7.81. The largest absolute Gasteiger partial charge is 0.298 e. The van der Waals surface area contributed by atoms with Crippen LogP contribution in [0.1, 0.15) is 29.5 Å². The van der Waals surface area contributed by atoms with Crippen molar-refractivity contribution in [2.45, 2.75) is 32.7 Å². The van der Waals surface area contributed by atoms with Gasteiger partial charge in [0.25, 0.3) is 0 Å². The zero-order valence-corrected chi connectivity index (χ0v) is 12.3. The average molecular weight is 302 g/mol. The van der Waals surface area contributed by atoms with E-state index in [1.54, 1.807) is 0 Å². The minimum Gasteiger partial charge on any atom is -0.298 e. The predicted octanol–water partition coefficient (Wildman–Crippen LogP) is 3.92. The Hall–Kier alpha value is 0.140. The highest BCUT2D eigenvalue weighted by Gasteiger charge is 2.19. The van der Waals surface area contributed by atoms with E-state index in [1.807, 2.05) is 11.3 Å². The maximum atomic E-state index is 3.62. The number of piperidine rings is 1. The molecule has 1 aromatic rings. The van der Waals surface area contributed by atoms with E-state index in [2.05, 4.69) is 39.9 Å². The maximum Gasteiger partial charge on any atom is 0.0328 e. The van der Waals surface area contributed by atoms with Crippen molar-refractivity contribution in [1.29, 1.82) is 0 Å². The zero-order chi connectivity index (χ0) is 11.4. The lowest BCUT2D eigenvalue weighted by molar-refractivity contribution is 0.181. The molecule has 90 valence electrons. The molecule has 1 atom stereocenters. The number of hydrogen-bond acceptors (Lipinski definition) is 2. The molecule has 1 saturated heterocycles. The molecule has 0 spiro atoms. The Labute approximate surface area is 111 Å². The van der Waals surface area contributed by atoms with Gasteiger partial charge in [-0.25, -0.2) is 0 Å².